The molecule has 3 N–H and O–H groups in total. The number of nitrogens with zero attached hydrogens (tertiary/aromatic N) is 2. The third-order valence-electron chi connectivity index (χ3n) is 7.79. The molecule has 0 radical (unpaired) electrons. The molecule has 0 saturated carbocycles. The van der Waals surface area contributed by atoms with Gasteiger partial charge in [0.15, 0.2) is 0 Å². The maximum absolute atomic E-state index is 13.7. The number of likely N-dealkylation sites (N-methyl/N-ethyl adjacent to an activating group) is 1. The van der Waals surface area contributed by atoms with E-state index in [1.165, 1.54) is 10.5 Å². The van der Waals surface area contributed by atoms with Gasteiger partial charge in [0, 0.05) is 31.8 Å². The molecule has 0 aromatic heterocycles. The molecule has 4 amide bonds. The molecule has 0 spiro atoms. The Morgan fingerprint density at radius 3 is 2.09 bits per heavy atom. The standard InChI is InChI=1S/C35H41N5O4/c1-25-14-16-27(17-15-25)18-19-39-20-21-40(31(35(39)44)23-29-12-8-5-9-13-29)32(41)24-37-34(43)30(38-33(42)26(2)36-3)22-28-10-6-4-7-11-28/h4-17,20-21,26,30-31,36H,18-19,22-24H2,1-3H3,(H,37,43)(H,38,42)/t26-,30-,31-/m0/s1. The van der Waals surface area contributed by atoms with Crippen LogP contribution in [0.4, 0.5) is 0 Å². The number of benzene rings is 3. The van der Waals surface area contributed by atoms with Crippen LogP contribution in [-0.4, -0.2) is 71.7 Å². The molecule has 3 aromatic carbocycles. The van der Waals surface area contributed by atoms with Crippen molar-refractivity contribution in [1.29, 1.82) is 0 Å². The van der Waals surface area contributed by atoms with E-state index in [0.717, 1.165) is 16.7 Å². The van der Waals surface area contributed by atoms with E-state index < -0.39 is 29.9 Å². The second kappa shape index (κ2) is 15.6. The van der Waals surface area contributed by atoms with Crippen LogP contribution < -0.4 is 16.0 Å². The Morgan fingerprint density at radius 1 is 0.818 bits per heavy atom. The number of amides is 4. The molecule has 9 heteroatoms. The van der Waals surface area contributed by atoms with Gasteiger partial charge >= 0.3 is 0 Å². The Labute approximate surface area is 259 Å². The van der Waals surface area contributed by atoms with Crippen LogP contribution in [-0.2, 0) is 38.4 Å². The predicted octanol–water partition coefficient (Wildman–Crippen LogP) is 2.74. The summed E-state index contributed by atoms with van der Waals surface area (Å²) in [5.74, 6) is -1.41. The molecular formula is C35H41N5O4. The van der Waals surface area contributed by atoms with Crippen molar-refractivity contribution in [3.8, 4) is 0 Å². The number of aryl methyl sites for hydroxylation is 1. The van der Waals surface area contributed by atoms with Crippen LogP contribution in [0.1, 0.15) is 29.2 Å². The first kappa shape index (κ1) is 32.2. The fourth-order valence-corrected chi connectivity index (χ4v) is 4.97. The summed E-state index contributed by atoms with van der Waals surface area (Å²) in [4.78, 5) is 56.2. The van der Waals surface area contributed by atoms with E-state index in [1.54, 1.807) is 31.3 Å². The van der Waals surface area contributed by atoms with Gasteiger partial charge in [0.05, 0.1) is 12.6 Å². The van der Waals surface area contributed by atoms with Gasteiger partial charge in [-0.2, -0.15) is 0 Å². The van der Waals surface area contributed by atoms with Crippen LogP contribution in [0.5, 0.6) is 0 Å². The van der Waals surface area contributed by atoms with Crippen LogP contribution in [0.15, 0.2) is 97.3 Å². The molecule has 44 heavy (non-hydrogen) atoms. The van der Waals surface area contributed by atoms with Gasteiger partial charge in [-0.3, -0.25) is 19.2 Å². The van der Waals surface area contributed by atoms with Crippen molar-refractivity contribution in [3.63, 3.8) is 0 Å². The van der Waals surface area contributed by atoms with E-state index in [0.29, 0.717) is 19.4 Å². The third kappa shape index (κ3) is 8.87. The summed E-state index contributed by atoms with van der Waals surface area (Å²) in [7, 11) is 1.66. The Hall–Kier alpha value is -4.76. The molecule has 9 nitrogen and oxygen atoms in total. The highest BCUT2D eigenvalue weighted by atomic mass is 16.2. The second-order valence-corrected chi connectivity index (χ2v) is 11.1. The van der Waals surface area contributed by atoms with Crippen molar-refractivity contribution in [2.24, 2.45) is 0 Å². The van der Waals surface area contributed by atoms with E-state index in [1.807, 2.05) is 79.7 Å². The lowest BCUT2D eigenvalue weighted by atomic mass is 10.0. The van der Waals surface area contributed by atoms with Crippen molar-refractivity contribution in [1.82, 2.24) is 25.8 Å². The Kier molecular flexibility index (Phi) is 11.4. The van der Waals surface area contributed by atoms with Gasteiger partial charge in [-0.05, 0) is 44.0 Å². The maximum atomic E-state index is 13.7. The van der Waals surface area contributed by atoms with Crippen LogP contribution in [0.3, 0.4) is 0 Å². The van der Waals surface area contributed by atoms with E-state index in [-0.39, 0.29) is 24.8 Å². The summed E-state index contributed by atoms with van der Waals surface area (Å²) in [5.41, 5.74) is 4.09. The minimum atomic E-state index is -0.885. The molecule has 0 saturated heterocycles. The summed E-state index contributed by atoms with van der Waals surface area (Å²) in [6.07, 6.45) is 4.53. The average Bonchev–Trinajstić information content (AvgIpc) is 3.04. The van der Waals surface area contributed by atoms with Crippen LogP contribution in [0.2, 0.25) is 0 Å². The van der Waals surface area contributed by atoms with Crippen molar-refractivity contribution < 1.29 is 19.2 Å². The van der Waals surface area contributed by atoms with Crippen molar-refractivity contribution in [2.45, 2.75) is 51.2 Å². The average molecular weight is 596 g/mol. The Morgan fingerprint density at radius 2 is 1.45 bits per heavy atom. The zero-order chi connectivity index (χ0) is 31.5. The van der Waals surface area contributed by atoms with Gasteiger partial charge in [0.2, 0.25) is 23.6 Å². The van der Waals surface area contributed by atoms with Gasteiger partial charge in [-0.1, -0.05) is 90.5 Å². The minimum absolute atomic E-state index is 0.182. The number of carbonyl (C=O) groups is 4. The molecule has 0 aliphatic carbocycles. The quantitative estimate of drug-likeness (QED) is 0.282. The molecule has 0 fully saturated rings. The number of hydrogen-bond donors (Lipinski definition) is 3. The molecule has 3 atom stereocenters. The van der Waals surface area contributed by atoms with Crippen molar-refractivity contribution in [2.75, 3.05) is 20.1 Å². The molecule has 1 aliphatic heterocycles. The minimum Gasteiger partial charge on any atom is -0.345 e. The van der Waals surface area contributed by atoms with Gasteiger partial charge in [0.25, 0.3) is 0 Å². The topological polar surface area (TPSA) is 111 Å². The zero-order valence-corrected chi connectivity index (χ0v) is 25.5. The summed E-state index contributed by atoms with van der Waals surface area (Å²) in [6.45, 7) is 3.89. The smallest absolute Gasteiger partial charge is 0.250 e. The van der Waals surface area contributed by atoms with Crippen LogP contribution in [0.25, 0.3) is 0 Å². The summed E-state index contributed by atoms with van der Waals surface area (Å²) in [6, 6.07) is 25.0. The lowest BCUT2D eigenvalue weighted by Crippen LogP contribution is -2.56. The first-order valence-corrected chi connectivity index (χ1v) is 14.9. The zero-order valence-electron chi connectivity index (χ0n) is 25.5. The largest absolute Gasteiger partial charge is 0.345 e. The molecule has 4 rings (SSSR count). The van der Waals surface area contributed by atoms with Gasteiger partial charge in [0.1, 0.15) is 12.1 Å². The summed E-state index contributed by atoms with van der Waals surface area (Å²) >= 11 is 0. The molecule has 3 aromatic rings. The lowest BCUT2D eigenvalue weighted by Gasteiger charge is -2.36. The van der Waals surface area contributed by atoms with Crippen molar-refractivity contribution >= 4 is 23.6 Å². The fraction of sp³-hybridized carbons (Fsp3) is 0.314. The predicted molar refractivity (Wildman–Crippen MR) is 170 cm³/mol. The monoisotopic (exact) mass is 595 g/mol. The van der Waals surface area contributed by atoms with Gasteiger partial charge < -0.3 is 25.8 Å². The van der Waals surface area contributed by atoms with E-state index in [4.69, 9.17) is 0 Å². The lowest BCUT2D eigenvalue weighted by molar-refractivity contribution is -0.143. The number of carbonyl (C=O) groups excluding carboxylic acids is 4. The van der Waals surface area contributed by atoms with Crippen molar-refractivity contribution in [3.05, 3.63) is 120 Å². The molecule has 230 valence electrons. The second-order valence-electron chi connectivity index (χ2n) is 11.1. The summed E-state index contributed by atoms with van der Waals surface area (Å²) < 4.78 is 0. The normalized spacial score (nSPS) is 15.9. The number of nitrogens with one attached hydrogen (secondary N) is 3. The molecule has 0 unspecified atom stereocenters. The highest BCUT2D eigenvalue weighted by molar-refractivity contribution is 5.94. The fourth-order valence-electron chi connectivity index (χ4n) is 4.97. The maximum Gasteiger partial charge on any atom is 0.250 e. The number of rotatable bonds is 13. The molecule has 0 bridgehead atoms. The first-order chi connectivity index (χ1) is 21.2. The van der Waals surface area contributed by atoms with Gasteiger partial charge in [-0.25, -0.2) is 0 Å². The van der Waals surface area contributed by atoms with E-state index in [2.05, 4.69) is 28.1 Å². The van der Waals surface area contributed by atoms with Crippen LogP contribution in [0, 0.1) is 6.92 Å². The number of hydrogen-bond acceptors (Lipinski definition) is 5. The van der Waals surface area contributed by atoms with E-state index in [9.17, 15) is 19.2 Å². The van der Waals surface area contributed by atoms with Crippen LogP contribution >= 0.6 is 0 Å². The SMILES string of the molecule is CN[C@@H](C)C(=O)N[C@@H](Cc1ccccc1)C(=O)NCC(=O)N1C=CN(CCc2ccc(C)cc2)C(=O)[C@@H]1Cc1ccccc1. The molecule has 1 heterocycles. The van der Waals surface area contributed by atoms with Gasteiger partial charge in [-0.15, -0.1) is 0 Å². The Bertz CT molecular complexity index is 1440. The first-order valence-electron chi connectivity index (χ1n) is 14.9. The molecule has 1 aliphatic rings. The summed E-state index contributed by atoms with van der Waals surface area (Å²) in [5, 5.41) is 8.36. The highest BCUT2D eigenvalue weighted by Gasteiger charge is 2.35. The molecular weight excluding hydrogens is 554 g/mol. The third-order valence-corrected chi connectivity index (χ3v) is 7.79. The Balaban J connectivity index is 1.46. The highest BCUT2D eigenvalue weighted by Crippen LogP contribution is 2.19. The van der Waals surface area contributed by atoms with E-state index >= 15 is 0 Å².